The SMILES string of the molecule is C#Cc1cccc(-c2cc(-c3cccc(C#C)c3C#C)cc(-c3c4ccccc4c(-c4cc(-c5ccc(-c6cccc(C#C)c6C#C)cc5-c5cccc(C#C)c5C#C)cc(-c5ccc(-c6cccc(C#C)c6C#C)cc5-c5cccc(C#C)c5C#C)c4)c4ccccc34)c2)c1C#C. The zero-order valence-corrected chi connectivity index (χ0v) is 52.9. The highest BCUT2D eigenvalue weighted by atomic mass is 14.3. The van der Waals surface area contributed by atoms with Crippen LogP contribution < -0.4 is 0 Å². The summed E-state index contributed by atoms with van der Waals surface area (Å²) in [5.74, 6) is 34.4. The van der Waals surface area contributed by atoms with Gasteiger partial charge in [-0.05, 0) is 218 Å². The fraction of sp³-hybridized carbons (Fsp3) is 0. The number of hydrogen-bond acceptors (Lipinski definition) is 0. The zero-order chi connectivity index (χ0) is 68.1. The van der Waals surface area contributed by atoms with Crippen molar-refractivity contribution in [1.29, 1.82) is 0 Å². The third-order valence-electron chi connectivity index (χ3n) is 18.0. The second-order valence-corrected chi connectivity index (χ2v) is 23.1. The molecule has 0 spiro atoms. The Hall–Kier alpha value is -14.9. The third-order valence-corrected chi connectivity index (χ3v) is 18.0. The summed E-state index contributed by atoms with van der Waals surface area (Å²) in [6.45, 7) is 0. The molecule has 0 radical (unpaired) electrons. The molecule has 13 rings (SSSR count). The summed E-state index contributed by atoms with van der Waals surface area (Å²) >= 11 is 0. The maximum atomic E-state index is 6.50. The molecule has 13 aromatic rings. The molecule has 0 heteroatoms. The van der Waals surface area contributed by atoms with E-state index in [1.165, 1.54) is 0 Å². The molecule has 0 nitrogen and oxygen atoms in total. The Morgan fingerprint density at radius 1 is 0.153 bits per heavy atom. The molecule has 0 fully saturated rings. The van der Waals surface area contributed by atoms with E-state index in [0.29, 0.717) is 66.8 Å². The maximum Gasteiger partial charge on any atom is 0.0477 e. The van der Waals surface area contributed by atoms with Crippen molar-refractivity contribution in [1.82, 2.24) is 0 Å². The molecule has 0 N–H and O–H groups in total. The van der Waals surface area contributed by atoms with Crippen molar-refractivity contribution in [3.8, 4) is 259 Å². The molecule has 0 bridgehead atoms. The highest BCUT2D eigenvalue weighted by Crippen LogP contribution is 2.50. The van der Waals surface area contributed by atoms with Crippen molar-refractivity contribution < 1.29 is 0 Å². The minimum Gasteiger partial charge on any atom is -0.115 e. The lowest BCUT2D eigenvalue weighted by Crippen LogP contribution is -1.97. The van der Waals surface area contributed by atoms with E-state index in [1.54, 1.807) is 0 Å². The molecule has 0 amide bonds. The second-order valence-electron chi connectivity index (χ2n) is 23.1. The Morgan fingerprint density at radius 3 is 0.633 bits per heavy atom. The average Bonchev–Trinajstić information content (AvgIpc) is 0.730. The predicted molar refractivity (Wildman–Crippen MR) is 411 cm³/mol. The Labute approximate surface area is 574 Å². The van der Waals surface area contributed by atoms with E-state index in [2.05, 4.69) is 192 Å². The fourth-order valence-electron chi connectivity index (χ4n) is 13.7. The van der Waals surface area contributed by atoms with Gasteiger partial charge >= 0.3 is 0 Å². The van der Waals surface area contributed by atoms with Gasteiger partial charge in [-0.1, -0.05) is 217 Å². The summed E-state index contributed by atoms with van der Waals surface area (Å²) in [7, 11) is 0. The van der Waals surface area contributed by atoms with Crippen LogP contribution in [-0.2, 0) is 0 Å². The summed E-state index contributed by atoms with van der Waals surface area (Å²) < 4.78 is 0. The molecule has 0 aromatic heterocycles. The average molecular weight is 1230 g/mol. The van der Waals surface area contributed by atoms with Crippen LogP contribution in [0, 0.1) is 148 Å². The smallest absolute Gasteiger partial charge is 0.0477 e. The highest BCUT2D eigenvalue weighted by molar-refractivity contribution is 6.22. The van der Waals surface area contributed by atoms with Crippen molar-refractivity contribution in [2.75, 3.05) is 0 Å². The van der Waals surface area contributed by atoms with Gasteiger partial charge in [0.2, 0.25) is 0 Å². The van der Waals surface area contributed by atoms with Crippen molar-refractivity contribution in [2.45, 2.75) is 0 Å². The lowest BCUT2D eigenvalue weighted by atomic mass is 9.81. The molecule has 0 heterocycles. The molecule has 0 saturated carbocycles. The van der Waals surface area contributed by atoms with Crippen molar-refractivity contribution >= 4 is 21.5 Å². The van der Waals surface area contributed by atoms with Crippen LogP contribution in [0.25, 0.3) is 133 Å². The van der Waals surface area contributed by atoms with Gasteiger partial charge in [0.25, 0.3) is 0 Å². The molecule has 0 aliphatic carbocycles. The molecule has 98 heavy (non-hydrogen) atoms. The Balaban J connectivity index is 1.17. The quantitative estimate of drug-likeness (QED) is 0.0946. The summed E-state index contributed by atoms with van der Waals surface area (Å²) in [4.78, 5) is 0. The molecule has 0 aliphatic heterocycles. The van der Waals surface area contributed by atoms with Crippen LogP contribution in [0.3, 0.4) is 0 Å². The molecular weight excluding hydrogens is 1180 g/mol. The summed E-state index contributed by atoms with van der Waals surface area (Å²) in [5, 5.41) is 3.83. The molecular formula is C98H50. The normalized spacial score (nSPS) is 10.3. The van der Waals surface area contributed by atoms with E-state index in [9.17, 15) is 0 Å². The minimum atomic E-state index is 0.547. The molecule has 0 unspecified atom stereocenters. The van der Waals surface area contributed by atoms with Gasteiger partial charge in [-0.25, -0.2) is 0 Å². The summed E-state index contributed by atoms with van der Waals surface area (Å²) in [6.07, 6.45) is 75.2. The monoisotopic (exact) mass is 1230 g/mol. The van der Waals surface area contributed by atoms with Crippen LogP contribution in [0.5, 0.6) is 0 Å². The third kappa shape index (κ3) is 10.6. The van der Waals surface area contributed by atoms with Crippen LogP contribution >= 0.6 is 0 Å². The molecule has 442 valence electrons. The number of hydrogen-bond donors (Lipinski definition) is 0. The van der Waals surface area contributed by atoms with Crippen molar-refractivity contribution in [3.63, 3.8) is 0 Å². The number of terminal acetylenes is 12. The number of fused-ring (bicyclic) bond motifs is 2. The summed E-state index contributed by atoms with van der Waals surface area (Å²) in [5.41, 5.74) is 23.4. The molecule has 0 atom stereocenters. The van der Waals surface area contributed by atoms with Crippen LogP contribution in [0.2, 0.25) is 0 Å². The molecule has 13 aromatic carbocycles. The lowest BCUT2D eigenvalue weighted by Gasteiger charge is -2.22. The molecule has 0 saturated heterocycles. The van der Waals surface area contributed by atoms with Gasteiger partial charge in [0.05, 0.1) is 0 Å². The lowest BCUT2D eigenvalue weighted by molar-refractivity contribution is 1.50. The van der Waals surface area contributed by atoms with Crippen LogP contribution in [-0.4, -0.2) is 0 Å². The molecule has 0 aliphatic rings. The second kappa shape index (κ2) is 26.4. The van der Waals surface area contributed by atoms with E-state index >= 15 is 0 Å². The summed E-state index contributed by atoms with van der Waals surface area (Å²) in [6, 6.07) is 77.2. The first kappa shape index (κ1) is 61.9. The highest BCUT2D eigenvalue weighted by Gasteiger charge is 2.25. The Morgan fingerprint density at radius 2 is 0.378 bits per heavy atom. The fourth-order valence-corrected chi connectivity index (χ4v) is 13.7. The van der Waals surface area contributed by atoms with Crippen LogP contribution in [0.15, 0.2) is 231 Å². The van der Waals surface area contributed by atoms with Crippen molar-refractivity contribution in [2.24, 2.45) is 0 Å². The van der Waals surface area contributed by atoms with E-state index in [0.717, 1.165) is 133 Å². The Bertz CT molecular complexity index is 5820. The van der Waals surface area contributed by atoms with E-state index < -0.39 is 0 Å². The van der Waals surface area contributed by atoms with Gasteiger partial charge in [-0.3, -0.25) is 0 Å². The zero-order valence-electron chi connectivity index (χ0n) is 52.9. The number of benzene rings is 13. The first-order valence-electron chi connectivity index (χ1n) is 31.0. The van der Waals surface area contributed by atoms with Crippen molar-refractivity contribution in [3.05, 3.63) is 297 Å². The predicted octanol–water partition coefficient (Wildman–Crippen LogP) is 20.4. The number of rotatable bonds is 10. The van der Waals surface area contributed by atoms with Crippen LogP contribution in [0.4, 0.5) is 0 Å². The largest absolute Gasteiger partial charge is 0.115 e. The standard InChI is InChI=1S/C98H50/c1-13-63-35-29-45-83(77(63)19-7)69-51-53-87(95(61-69)89-49-33-39-67(17-5)81(89)23-11)73-56-74(88-54-52-70(84-46-30-36-64(14-2)78(84)20-8)62-96(88)90-50-34-40-68(18-6)82(90)24-12)60-76(59-73)98-93-43-27-25-41-91(93)97(92-42-26-28-44-94(92)98)75-57-71(85-47-31-37-65(15-3)79(85)21-9)55-72(58-75)86-48-32-38-66(16-4)80(86)22-10/h1-12,25-62H. The van der Waals surface area contributed by atoms with Gasteiger partial charge in [-0.15, -0.1) is 77.1 Å². The van der Waals surface area contributed by atoms with Gasteiger partial charge in [-0.2, -0.15) is 0 Å². The topological polar surface area (TPSA) is 0 Å². The first-order valence-corrected chi connectivity index (χ1v) is 31.0. The first-order chi connectivity index (χ1) is 48.1. The van der Waals surface area contributed by atoms with Gasteiger partial charge in [0, 0.05) is 66.8 Å². The van der Waals surface area contributed by atoms with Gasteiger partial charge in [0.15, 0.2) is 0 Å². The Kier molecular flexibility index (Phi) is 16.7. The van der Waals surface area contributed by atoms with E-state index in [4.69, 9.17) is 77.1 Å². The van der Waals surface area contributed by atoms with E-state index in [1.807, 2.05) is 109 Å². The van der Waals surface area contributed by atoms with Gasteiger partial charge < -0.3 is 0 Å². The van der Waals surface area contributed by atoms with Gasteiger partial charge in [0.1, 0.15) is 0 Å². The van der Waals surface area contributed by atoms with Crippen LogP contribution in [0.1, 0.15) is 66.8 Å². The maximum absolute atomic E-state index is 6.50. The minimum absolute atomic E-state index is 0.547. The van der Waals surface area contributed by atoms with E-state index in [-0.39, 0.29) is 0 Å².